The van der Waals surface area contributed by atoms with Gasteiger partial charge < -0.3 is 27.2 Å². The van der Waals surface area contributed by atoms with Gasteiger partial charge >= 0.3 is 8.56 Å². The van der Waals surface area contributed by atoms with Crippen molar-refractivity contribution in [2.75, 3.05) is 39.6 Å². The molecule has 0 spiro atoms. The molecule has 9 heteroatoms. The predicted octanol–water partition coefficient (Wildman–Crippen LogP) is 4.52. The van der Waals surface area contributed by atoms with Crippen molar-refractivity contribution in [3.63, 3.8) is 0 Å². The van der Waals surface area contributed by atoms with Crippen LogP contribution in [0.15, 0.2) is 0 Å². The predicted molar refractivity (Wildman–Crippen MR) is 124 cm³/mol. The maximum Gasteiger partial charge on any atom is 0.314 e. The molecular formula is C20H44O6Si3. The fraction of sp³-hybridized carbons (Fsp3) is 1.00. The van der Waals surface area contributed by atoms with Crippen molar-refractivity contribution in [2.45, 2.75) is 89.3 Å². The molecule has 2 atom stereocenters. The van der Waals surface area contributed by atoms with E-state index in [1.807, 2.05) is 0 Å². The maximum absolute atomic E-state index is 6.87. The minimum Gasteiger partial charge on any atom is -0.436 e. The number of rotatable bonds is 18. The van der Waals surface area contributed by atoms with Gasteiger partial charge in [0, 0.05) is 13.2 Å². The average molecular weight is 465 g/mol. The fourth-order valence-electron chi connectivity index (χ4n) is 3.81. The Morgan fingerprint density at radius 2 is 1.14 bits per heavy atom. The Bertz CT molecular complexity index is 433. The summed E-state index contributed by atoms with van der Waals surface area (Å²) in [6, 6.07) is 3.31. The highest BCUT2D eigenvalue weighted by molar-refractivity contribution is 6.88. The molecule has 0 saturated carbocycles. The molecule has 2 saturated heterocycles. The van der Waals surface area contributed by atoms with Gasteiger partial charge in [-0.2, -0.15) is 0 Å². The summed E-state index contributed by atoms with van der Waals surface area (Å²) in [6.45, 7) is 18.7. The molecule has 0 bridgehead atoms. The zero-order valence-corrected chi connectivity index (χ0v) is 22.6. The standard InChI is InChI=1S/C20H44O6Si3/c1-7-12-29(6,25-27(2,3)13-8-10-21-15-19-17-23-19)26-28(4,5)14-9-11-22-16-20-18-24-20/h19-20H,7-18H2,1-6H3. The molecule has 2 fully saturated rings. The van der Waals surface area contributed by atoms with Crippen LogP contribution in [0.1, 0.15) is 26.2 Å². The molecule has 29 heavy (non-hydrogen) atoms. The minimum atomic E-state index is -2.17. The SMILES string of the molecule is CCC[Si](C)(O[Si](C)(C)CCCOCC1CO1)O[Si](C)(C)CCCOCC1CO1. The van der Waals surface area contributed by atoms with E-state index in [-0.39, 0.29) is 0 Å². The quantitative estimate of drug-likeness (QED) is 0.169. The van der Waals surface area contributed by atoms with Gasteiger partial charge in [0.05, 0.1) is 26.4 Å². The van der Waals surface area contributed by atoms with Crippen molar-refractivity contribution in [1.82, 2.24) is 0 Å². The Balaban J connectivity index is 1.71. The van der Waals surface area contributed by atoms with Crippen LogP contribution in [0, 0.1) is 0 Å². The van der Waals surface area contributed by atoms with E-state index in [1.165, 1.54) is 0 Å². The van der Waals surface area contributed by atoms with E-state index in [0.717, 1.165) is 77.0 Å². The van der Waals surface area contributed by atoms with E-state index < -0.39 is 25.2 Å². The molecule has 0 aromatic rings. The first-order valence-electron chi connectivity index (χ1n) is 11.4. The molecule has 2 unspecified atom stereocenters. The van der Waals surface area contributed by atoms with Crippen LogP contribution in [-0.4, -0.2) is 77.0 Å². The third-order valence-corrected chi connectivity index (χ3v) is 17.6. The van der Waals surface area contributed by atoms with Crippen LogP contribution in [0.25, 0.3) is 0 Å². The molecule has 172 valence electrons. The highest BCUT2D eigenvalue weighted by Crippen LogP contribution is 2.29. The molecule has 0 N–H and O–H groups in total. The van der Waals surface area contributed by atoms with Crippen molar-refractivity contribution >= 4 is 25.2 Å². The van der Waals surface area contributed by atoms with Gasteiger partial charge in [-0.1, -0.05) is 13.3 Å². The van der Waals surface area contributed by atoms with Gasteiger partial charge in [0.25, 0.3) is 0 Å². The highest BCUT2D eigenvalue weighted by Gasteiger charge is 2.42. The van der Waals surface area contributed by atoms with E-state index >= 15 is 0 Å². The average Bonchev–Trinajstić information content (AvgIpc) is 3.48. The summed E-state index contributed by atoms with van der Waals surface area (Å²) in [5, 5.41) is 0. The molecule has 0 aliphatic carbocycles. The number of hydrogen-bond donors (Lipinski definition) is 0. The zero-order chi connectivity index (χ0) is 21.4. The van der Waals surface area contributed by atoms with Gasteiger partial charge in [-0.3, -0.25) is 0 Å². The molecule has 6 nitrogen and oxygen atoms in total. The zero-order valence-electron chi connectivity index (χ0n) is 19.6. The second kappa shape index (κ2) is 11.9. The van der Waals surface area contributed by atoms with Crippen LogP contribution >= 0.6 is 0 Å². The second-order valence-corrected chi connectivity index (χ2v) is 22.3. The van der Waals surface area contributed by atoms with Crippen molar-refractivity contribution in [3.05, 3.63) is 0 Å². The molecule has 0 amide bonds. The van der Waals surface area contributed by atoms with Crippen LogP contribution in [0.5, 0.6) is 0 Å². The maximum atomic E-state index is 6.87. The van der Waals surface area contributed by atoms with Gasteiger partial charge in [0.1, 0.15) is 12.2 Å². The summed E-state index contributed by atoms with van der Waals surface area (Å²) in [5.41, 5.74) is 0. The smallest absolute Gasteiger partial charge is 0.314 e. The van der Waals surface area contributed by atoms with Crippen molar-refractivity contribution in [3.8, 4) is 0 Å². The first kappa shape index (κ1) is 25.7. The van der Waals surface area contributed by atoms with Gasteiger partial charge in [0.2, 0.25) is 0 Å². The molecule has 0 aromatic carbocycles. The summed E-state index contributed by atoms with van der Waals surface area (Å²) in [5.74, 6) is 0. The Morgan fingerprint density at radius 3 is 1.48 bits per heavy atom. The first-order valence-corrected chi connectivity index (χ1v) is 20.2. The molecular weight excluding hydrogens is 420 g/mol. The summed E-state index contributed by atoms with van der Waals surface area (Å²) >= 11 is 0. The van der Waals surface area contributed by atoms with E-state index in [4.69, 9.17) is 27.2 Å². The summed E-state index contributed by atoms with van der Waals surface area (Å²) in [6.07, 6.45) is 3.94. The fourth-order valence-corrected chi connectivity index (χ4v) is 18.2. The number of ether oxygens (including phenoxy) is 4. The third-order valence-electron chi connectivity index (χ3n) is 5.24. The highest BCUT2D eigenvalue weighted by atomic mass is 28.5. The topological polar surface area (TPSA) is 62.0 Å². The normalized spacial score (nSPS) is 23.8. The lowest BCUT2D eigenvalue weighted by atomic mass is 10.5. The lowest BCUT2D eigenvalue weighted by Gasteiger charge is -2.41. The Morgan fingerprint density at radius 1 is 0.724 bits per heavy atom. The molecule has 0 radical (unpaired) electrons. The van der Waals surface area contributed by atoms with Crippen LogP contribution in [-0.2, 0) is 27.2 Å². The monoisotopic (exact) mass is 464 g/mol. The largest absolute Gasteiger partial charge is 0.436 e. The lowest BCUT2D eigenvalue weighted by molar-refractivity contribution is 0.116. The van der Waals surface area contributed by atoms with Crippen molar-refractivity contribution in [1.29, 1.82) is 0 Å². The molecule has 0 aromatic heterocycles. The first-order chi connectivity index (χ1) is 13.6. The summed E-state index contributed by atoms with van der Waals surface area (Å²) in [7, 11) is -5.73. The van der Waals surface area contributed by atoms with Gasteiger partial charge in [-0.25, -0.2) is 0 Å². The van der Waals surface area contributed by atoms with Gasteiger partial charge in [0.15, 0.2) is 16.6 Å². The molecule has 2 rings (SSSR count). The molecule has 2 heterocycles. The minimum absolute atomic E-state index is 0.352. The second-order valence-electron chi connectivity index (χ2n) is 9.87. The van der Waals surface area contributed by atoms with Crippen molar-refractivity contribution in [2.24, 2.45) is 0 Å². The van der Waals surface area contributed by atoms with Gasteiger partial charge in [-0.15, -0.1) is 0 Å². The van der Waals surface area contributed by atoms with E-state index in [2.05, 4.69) is 39.7 Å². The van der Waals surface area contributed by atoms with E-state index in [1.54, 1.807) is 0 Å². The van der Waals surface area contributed by atoms with Crippen molar-refractivity contribution < 1.29 is 27.2 Å². The van der Waals surface area contributed by atoms with E-state index in [0.29, 0.717) is 12.2 Å². The Labute approximate surface area is 181 Å². The summed E-state index contributed by atoms with van der Waals surface area (Å²) in [4.78, 5) is 0. The van der Waals surface area contributed by atoms with Crippen LogP contribution < -0.4 is 0 Å². The summed E-state index contributed by atoms with van der Waals surface area (Å²) < 4.78 is 35.5. The van der Waals surface area contributed by atoms with Crippen LogP contribution in [0.2, 0.25) is 50.9 Å². The lowest BCUT2D eigenvalue weighted by Crippen LogP contribution is -2.54. The number of epoxide rings is 2. The van der Waals surface area contributed by atoms with Crippen LogP contribution in [0.3, 0.4) is 0 Å². The van der Waals surface area contributed by atoms with E-state index in [9.17, 15) is 0 Å². The third kappa shape index (κ3) is 12.1. The number of hydrogen-bond acceptors (Lipinski definition) is 6. The van der Waals surface area contributed by atoms with Gasteiger partial charge in [-0.05, 0) is 63.7 Å². The van der Waals surface area contributed by atoms with Crippen LogP contribution in [0.4, 0.5) is 0 Å². The Kier molecular flexibility index (Phi) is 10.5. The molecule has 2 aliphatic heterocycles. The molecule has 2 aliphatic rings. The Hall–Kier alpha value is 0.411.